The fourth-order valence-corrected chi connectivity index (χ4v) is 6.32. The van der Waals surface area contributed by atoms with Crippen molar-refractivity contribution in [3.63, 3.8) is 0 Å². The highest BCUT2D eigenvalue weighted by atomic mass is 32.1. The summed E-state index contributed by atoms with van der Waals surface area (Å²) in [6.07, 6.45) is 6.12. The van der Waals surface area contributed by atoms with E-state index in [0.29, 0.717) is 0 Å². The first-order valence-electron chi connectivity index (χ1n) is 18.9. The summed E-state index contributed by atoms with van der Waals surface area (Å²) in [5, 5.41) is 9.02. The summed E-state index contributed by atoms with van der Waals surface area (Å²) >= 11 is 3.61. The van der Waals surface area contributed by atoms with Gasteiger partial charge in [0.25, 0.3) is 0 Å². The molecule has 7 heteroatoms. The quantitative estimate of drug-likeness (QED) is 0.179. The minimum Gasteiger partial charge on any atom is -0.465 e. The maximum absolute atomic E-state index is 5.81. The van der Waals surface area contributed by atoms with Crippen molar-refractivity contribution in [2.24, 2.45) is 0 Å². The molecule has 52 heavy (non-hydrogen) atoms. The van der Waals surface area contributed by atoms with E-state index < -0.39 is 0 Å². The van der Waals surface area contributed by atoms with Crippen molar-refractivity contribution in [1.29, 1.82) is 0 Å². The van der Waals surface area contributed by atoms with Gasteiger partial charge in [-0.1, -0.05) is 145 Å². The van der Waals surface area contributed by atoms with E-state index in [4.69, 9.17) is 4.42 Å². The Morgan fingerprint density at radius 1 is 0.519 bits per heavy atom. The Kier molecular flexibility index (Phi) is 15.3. The Morgan fingerprint density at radius 3 is 1.19 bits per heavy atom. The van der Waals surface area contributed by atoms with Crippen LogP contribution in [0.15, 0.2) is 40.5 Å². The molecule has 0 radical (unpaired) electrons. The zero-order chi connectivity index (χ0) is 41.1. The molecule has 0 bridgehead atoms. The Bertz CT molecular complexity index is 1280. The topological polar surface area (TPSA) is 56.7 Å². The molecule has 0 spiro atoms. The number of hydrogen-bond donors (Lipinski definition) is 0. The number of aromatic nitrogens is 4. The third-order valence-electron chi connectivity index (χ3n) is 8.02. The second kappa shape index (κ2) is 16.6. The zero-order valence-corrected chi connectivity index (χ0v) is 39.6. The van der Waals surface area contributed by atoms with Gasteiger partial charge in [0.15, 0.2) is 0 Å². The minimum absolute atomic E-state index is 0.0868. The van der Waals surface area contributed by atoms with Crippen LogP contribution >= 0.6 is 22.7 Å². The molecule has 5 nitrogen and oxygen atoms in total. The average Bonchev–Trinajstić information content (AvgIpc) is 3.72. The van der Waals surface area contributed by atoms with Crippen LogP contribution in [0.5, 0.6) is 0 Å². The molecule has 0 aliphatic heterocycles. The van der Waals surface area contributed by atoms with Gasteiger partial charge in [-0.15, -0.1) is 22.7 Å². The number of thiazole rings is 2. The van der Waals surface area contributed by atoms with Crippen molar-refractivity contribution in [3.8, 4) is 0 Å². The van der Waals surface area contributed by atoms with Crippen molar-refractivity contribution in [2.45, 2.75) is 210 Å². The van der Waals surface area contributed by atoms with Crippen LogP contribution < -0.4 is 0 Å². The summed E-state index contributed by atoms with van der Waals surface area (Å²) in [5.41, 5.74) is 3.81. The van der Waals surface area contributed by atoms with Crippen molar-refractivity contribution in [1.82, 2.24) is 19.7 Å². The molecular formula is C45H78N4OS2. The molecular weight excluding hydrogens is 677 g/mol. The number of hydrogen-bond acceptors (Lipinski definition) is 6. The van der Waals surface area contributed by atoms with Gasteiger partial charge in [0.1, 0.15) is 11.5 Å². The van der Waals surface area contributed by atoms with Gasteiger partial charge in [-0.25, -0.2) is 9.97 Å². The predicted molar refractivity (Wildman–Crippen MR) is 231 cm³/mol. The molecule has 4 rings (SSSR count). The summed E-state index contributed by atoms with van der Waals surface area (Å²) in [7, 11) is 0. The Morgan fingerprint density at radius 2 is 0.981 bits per heavy atom. The third-order valence-corrected chi connectivity index (χ3v) is 11.1. The van der Waals surface area contributed by atoms with Crippen LogP contribution in [0.1, 0.15) is 204 Å². The minimum atomic E-state index is 0.0868. The highest BCUT2D eigenvalue weighted by Crippen LogP contribution is 2.34. The first kappa shape index (κ1) is 47.8. The SMILES string of the molecule is CC(C)(C)c1ccc(C(C)(C)C)o1.CC(C)(C)c1cnc(C(C)(C)C)s1.CC(C)(C)c1cnn(C(C)(C)C)c1.CC(C)(C)c1csc(C(C)(C)C)n1. The van der Waals surface area contributed by atoms with Gasteiger partial charge in [-0.2, -0.15) is 5.10 Å². The first-order chi connectivity index (χ1) is 22.8. The molecule has 0 aliphatic rings. The monoisotopic (exact) mass is 755 g/mol. The maximum atomic E-state index is 5.81. The fraction of sp³-hybridized carbons (Fsp3) is 0.711. The molecule has 0 saturated carbocycles. The van der Waals surface area contributed by atoms with Gasteiger partial charge in [-0.05, 0) is 49.3 Å². The molecule has 0 amide bonds. The van der Waals surface area contributed by atoms with Gasteiger partial charge in [0.2, 0.25) is 0 Å². The zero-order valence-electron chi connectivity index (χ0n) is 38.0. The normalized spacial score (nSPS) is 13.4. The van der Waals surface area contributed by atoms with E-state index in [1.165, 1.54) is 26.1 Å². The maximum Gasteiger partial charge on any atom is 0.109 e. The highest BCUT2D eigenvalue weighted by Gasteiger charge is 2.25. The van der Waals surface area contributed by atoms with E-state index in [9.17, 15) is 0 Å². The standard InChI is InChI=1S/C12H20O.C11H20N2.2C11H19NS/c1-11(2,3)9-7-8-10(13-9)12(4,5)6;1-10(2,3)9-7-12-13(8-9)11(4,5)6;1-10(2,3)8-7-13-9(12-8)11(4,5)6;1-10(2,3)8-7-12-9(13-8)11(4,5)6/h2*7-8H,1-6H3;2*7H,1-6H3. The van der Waals surface area contributed by atoms with E-state index in [0.717, 1.165) is 11.5 Å². The molecule has 296 valence electrons. The largest absolute Gasteiger partial charge is 0.465 e. The fourth-order valence-electron chi connectivity index (χ4n) is 4.15. The first-order valence-corrected chi connectivity index (χ1v) is 20.6. The van der Waals surface area contributed by atoms with Crippen LogP contribution in [0, 0.1) is 0 Å². The van der Waals surface area contributed by atoms with Crippen molar-refractivity contribution < 1.29 is 4.42 Å². The number of nitrogens with zero attached hydrogens (tertiary/aromatic N) is 4. The van der Waals surface area contributed by atoms with Crippen molar-refractivity contribution >= 4 is 22.7 Å². The lowest BCUT2D eigenvalue weighted by Gasteiger charge is -2.20. The van der Waals surface area contributed by atoms with Crippen LogP contribution in [0.3, 0.4) is 0 Å². The second-order valence-corrected chi connectivity index (χ2v) is 24.2. The van der Waals surface area contributed by atoms with E-state index >= 15 is 0 Å². The van der Waals surface area contributed by atoms with Crippen LogP contribution in [-0.2, 0) is 43.4 Å². The van der Waals surface area contributed by atoms with Gasteiger partial charge in [0.05, 0.1) is 27.4 Å². The van der Waals surface area contributed by atoms with Gasteiger partial charge in [-0.3, -0.25) is 4.68 Å². The Labute approximate surface area is 328 Å². The highest BCUT2D eigenvalue weighted by molar-refractivity contribution is 7.12. The third kappa shape index (κ3) is 15.6. The van der Waals surface area contributed by atoms with E-state index in [1.54, 1.807) is 11.3 Å². The van der Waals surface area contributed by atoms with Gasteiger partial charge in [0, 0.05) is 49.7 Å². The lowest BCUT2D eigenvalue weighted by atomic mass is 9.90. The lowest BCUT2D eigenvalue weighted by molar-refractivity contribution is 0.344. The van der Waals surface area contributed by atoms with Crippen LogP contribution in [-0.4, -0.2) is 19.7 Å². The molecule has 4 heterocycles. The van der Waals surface area contributed by atoms with E-state index in [-0.39, 0.29) is 43.4 Å². The summed E-state index contributed by atoms with van der Waals surface area (Å²) in [5.74, 6) is 2.13. The molecule has 0 unspecified atom stereocenters. The summed E-state index contributed by atoms with van der Waals surface area (Å²) < 4.78 is 7.83. The molecule has 0 atom stereocenters. The average molecular weight is 755 g/mol. The van der Waals surface area contributed by atoms with Crippen LogP contribution in [0.2, 0.25) is 0 Å². The van der Waals surface area contributed by atoms with Crippen LogP contribution in [0.25, 0.3) is 0 Å². The summed E-state index contributed by atoms with van der Waals surface area (Å²) in [4.78, 5) is 10.5. The number of furan rings is 1. The molecule has 0 saturated heterocycles. The van der Waals surface area contributed by atoms with E-state index in [2.05, 4.69) is 205 Å². The van der Waals surface area contributed by atoms with E-state index in [1.807, 2.05) is 28.4 Å². The molecule has 0 fully saturated rings. The lowest BCUT2D eigenvalue weighted by Crippen LogP contribution is -2.22. The number of rotatable bonds is 0. The molecule has 0 aromatic carbocycles. The molecule has 4 aromatic rings. The van der Waals surface area contributed by atoms with Crippen molar-refractivity contribution in [2.75, 3.05) is 0 Å². The molecule has 0 N–H and O–H groups in total. The summed E-state index contributed by atoms with van der Waals surface area (Å²) in [6.45, 7) is 52.6. The Balaban J connectivity index is 0.000000347. The van der Waals surface area contributed by atoms with Crippen LogP contribution in [0.4, 0.5) is 0 Å². The van der Waals surface area contributed by atoms with Crippen molar-refractivity contribution in [3.05, 3.63) is 73.8 Å². The van der Waals surface area contributed by atoms with Gasteiger partial charge >= 0.3 is 0 Å². The second-order valence-electron chi connectivity index (χ2n) is 22.3. The molecule has 0 aliphatic carbocycles. The Hall–Kier alpha value is -2.25. The predicted octanol–water partition coefficient (Wildman–Crippen LogP) is 14.3. The molecule has 4 aromatic heterocycles. The smallest absolute Gasteiger partial charge is 0.109 e. The summed E-state index contributed by atoms with van der Waals surface area (Å²) in [6, 6.07) is 4.17. The van der Waals surface area contributed by atoms with Gasteiger partial charge < -0.3 is 4.42 Å².